The Balaban J connectivity index is 2.35. The maximum absolute atomic E-state index is 12.8. The van der Waals surface area contributed by atoms with E-state index in [4.69, 9.17) is 0 Å². The molecule has 1 aliphatic carbocycles. The lowest BCUT2D eigenvalue weighted by Crippen LogP contribution is -2.32. The molecule has 1 aromatic heterocycles. The minimum atomic E-state index is -4.61. The Morgan fingerprint density at radius 2 is 2.16 bits per heavy atom. The Morgan fingerprint density at radius 3 is 2.68 bits per heavy atom. The van der Waals surface area contributed by atoms with Crippen molar-refractivity contribution in [3.63, 3.8) is 0 Å². The monoisotopic (exact) mass is 292 g/mol. The molecule has 1 aromatic rings. The van der Waals surface area contributed by atoms with Crippen LogP contribution in [0, 0.1) is 0 Å². The normalized spacial score (nSPS) is 15.8. The van der Waals surface area contributed by atoms with Gasteiger partial charge in [0.25, 0.3) is 5.56 Å². The van der Waals surface area contributed by atoms with Crippen molar-refractivity contribution in [2.24, 2.45) is 0 Å². The summed E-state index contributed by atoms with van der Waals surface area (Å²) in [5.74, 6) is 1.55. The van der Waals surface area contributed by atoms with E-state index in [2.05, 4.69) is 5.10 Å². The summed E-state index contributed by atoms with van der Waals surface area (Å²) >= 11 is 1.57. The fourth-order valence-electron chi connectivity index (χ4n) is 1.79. The first kappa shape index (κ1) is 14.4. The second-order valence-corrected chi connectivity index (χ2v) is 5.87. The van der Waals surface area contributed by atoms with Gasteiger partial charge in [0.05, 0.1) is 12.2 Å². The van der Waals surface area contributed by atoms with Gasteiger partial charge in [-0.05, 0) is 24.7 Å². The first-order valence-electron chi connectivity index (χ1n) is 6.20. The largest absolute Gasteiger partial charge is 0.421 e. The van der Waals surface area contributed by atoms with Crippen LogP contribution in [0.4, 0.5) is 13.2 Å². The van der Waals surface area contributed by atoms with Gasteiger partial charge in [-0.2, -0.15) is 30.0 Å². The second-order valence-electron chi connectivity index (χ2n) is 4.48. The molecule has 1 aliphatic rings. The van der Waals surface area contributed by atoms with E-state index in [0.29, 0.717) is 11.4 Å². The fourth-order valence-corrected chi connectivity index (χ4v) is 2.38. The number of halogens is 3. The third kappa shape index (κ3) is 3.52. The summed E-state index contributed by atoms with van der Waals surface area (Å²) in [4.78, 5) is 11.8. The predicted molar refractivity (Wildman–Crippen MR) is 68.5 cm³/mol. The summed E-state index contributed by atoms with van der Waals surface area (Å²) in [6, 6.07) is 0.920. The minimum absolute atomic E-state index is 0.0896. The lowest BCUT2D eigenvalue weighted by Gasteiger charge is -2.12. The van der Waals surface area contributed by atoms with E-state index in [0.717, 1.165) is 29.3 Å². The summed E-state index contributed by atoms with van der Waals surface area (Å²) in [5, 5.41) is 4.07. The van der Waals surface area contributed by atoms with E-state index in [-0.39, 0.29) is 12.5 Å². The molecule has 106 valence electrons. The molecule has 0 bridgehead atoms. The van der Waals surface area contributed by atoms with Crippen LogP contribution in [-0.2, 0) is 12.7 Å². The van der Waals surface area contributed by atoms with E-state index in [9.17, 15) is 18.0 Å². The minimum Gasteiger partial charge on any atom is -0.267 e. The van der Waals surface area contributed by atoms with E-state index in [1.54, 1.807) is 11.8 Å². The number of hydrogen-bond donors (Lipinski definition) is 0. The van der Waals surface area contributed by atoms with Gasteiger partial charge in [-0.25, -0.2) is 4.68 Å². The standard InChI is InChI=1S/C12H15F3N2OS/c1-2-19-6-5-17-11(18)9(12(13,14)15)7-10(16-17)8-3-4-8/h7-8H,2-6H2,1H3. The van der Waals surface area contributed by atoms with Gasteiger partial charge in [-0.3, -0.25) is 4.79 Å². The predicted octanol–water partition coefficient (Wildman–Crippen LogP) is 2.89. The molecule has 0 N–H and O–H groups in total. The van der Waals surface area contributed by atoms with Crippen molar-refractivity contribution in [1.29, 1.82) is 0 Å². The number of aromatic nitrogens is 2. The highest BCUT2D eigenvalue weighted by Crippen LogP contribution is 2.40. The van der Waals surface area contributed by atoms with Crippen molar-refractivity contribution in [3.05, 3.63) is 27.7 Å². The van der Waals surface area contributed by atoms with Crippen LogP contribution in [0.15, 0.2) is 10.9 Å². The Morgan fingerprint density at radius 1 is 1.47 bits per heavy atom. The number of aryl methyl sites for hydroxylation is 1. The van der Waals surface area contributed by atoms with Crippen molar-refractivity contribution in [2.75, 3.05) is 11.5 Å². The van der Waals surface area contributed by atoms with E-state index < -0.39 is 17.3 Å². The van der Waals surface area contributed by atoms with Crippen molar-refractivity contribution in [1.82, 2.24) is 9.78 Å². The SMILES string of the molecule is CCSCCn1nc(C2CC2)cc(C(F)(F)F)c1=O. The summed E-state index contributed by atoms with van der Waals surface area (Å²) in [6.45, 7) is 2.18. The molecule has 0 saturated heterocycles. The topological polar surface area (TPSA) is 34.9 Å². The van der Waals surface area contributed by atoms with Crippen LogP contribution in [-0.4, -0.2) is 21.3 Å². The van der Waals surface area contributed by atoms with E-state index in [1.807, 2.05) is 6.92 Å². The van der Waals surface area contributed by atoms with Crippen molar-refractivity contribution < 1.29 is 13.2 Å². The van der Waals surface area contributed by atoms with Crippen molar-refractivity contribution >= 4 is 11.8 Å². The maximum Gasteiger partial charge on any atom is 0.421 e. The van der Waals surface area contributed by atoms with Gasteiger partial charge < -0.3 is 0 Å². The zero-order chi connectivity index (χ0) is 14.0. The lowest BCUT2D eigenvalue weighted by atomic mass is 10.2. The fraction of sp³-hybridized carbons (Fsp3) is 0.667. The van der Waals surface area contributed by atoms with Crippen LogP contribution in [0.2, 0.25) is 0 Å². The van der Waals surface area contributed by atoms with Crippen molar-refractivity contribution in [2.45, 2.75) is 38.4 Å². The van der Waals surface area contributed by atoms with Crippen LogP contribution in [0.25, 0.3) is 0 Å². The van der Waals surface area contributed by atoms with Crippen molar-refractivity contribution in [3.8, 4) is 0 Å². The first-order valence-corrected chi connectivity index (χ1v) is 7.36. The zero-order valence-corrected chi connectivity index (χ0v) is 11.4. The molecule has 0 unspecified atom stereocenters. The highest BCUT2D eigenvalue weighted by molar-refractivity contribution is 7.99. The van der Waals surface area contributed by atoms with Crippen LogP contribution >= 0.6 is 11.8 Å². The van der Waals surface area contributed by atoms with Gasteiger partial charge in [-0.1, -0.05) is 6.92 Å². The average molecular weight is 292 g/mol. The zero-order valence-electron chi connectivity index (χ0n) is 10.5. The van der Waals surface area contributed by atoms with E-state index in [1.165, 1.54) is 0 Å². The van der Waals surface area contributed by atoms with Crippen LogP contribution in [0.5, 0.6) is 0 Å². The third-order valence-corrected chi connectivity index (χ3v) is 3.83. The van der Waals surface area contributed by atoms with Crippen LogP contribution < -0.4 is 5.56 Å². The molecule has 19 heavy (non-hydrogen) atoms. The Kier molecular flexibility index (Phi) is 4.23. The molecule has 1 heterocycles. The molecule has 3 nitrogen and oxygen atoms in total. The number of nitrogens with zero attached hydrogens (tertiary/aromatic N) is 2. The molecular formula is C12H15F3N2OS. The Labute approximate surface area is 113 Å². The van der Waals surface area contributed by atoms with Gasteiger partial charge in [0.1, 0.15) is 5.56 Å². The summed E-state index contributed by atoms with van der Waals surface area (Å²) in [5.41, 5.74) is -1.73. The number of thioether (sulfide) groups is 1. The average Bonchev–Trinajstić information content (AvgIpc) is 3.14. The molecule has 1 fully saturated rings. The van der Waals surface area contributed by atoms with Gasteiger partial charge in [-0.15, -0.1) is 0 Å². The van der Waals surface area contributed by atoms with E-state index >= 15 is 0 Å². The van der Waals surface area contributed by atoms with Crippen LogP contribution in [0.1, 0.15) is 36.9 Å². The summed E-state index contributed by atoms with van der Waals surface area (Å²) in [6.07, 6.45) is -2.90. The van der Waals surface area contributed by atoms with Gasteiger partial charge >= 0.3 is 6.18 Å². The van der Waals surface area contributed by atoms with Gasteiger partial charge in [0.2, 0.25) is 0 Å². The smallest absolute Gasteiger partial charge is 0.267 e. The second kappa shape index (κ2) is 5.56. The van der Waals surface area contributed by atoms with Gasteiger partial charge in [0, 0.05) is 11.7 Å². The molecule has 0 atom stereocenters. The molecule has 0 amide bonds. The molecule has 2 rings (SSSR count). The molecule has 0 radical (unpaired) electrons. The molecule has 7 heteroatoms. The summed E-state index contributed by atoms with van der Waals surface area (Å²) < 4.78 is 39.5. The quantitative estimate of drug-likeness (QED) is 0.783. The number of rotatable bonds is 5. The Bertz CT molecular complexity index is 509. The molecule has 0 aliphatic heterocycles. The third-order valence-electron chi connectivity index (χ3n) is 2.95. The Hall–Kier alpha value is -0.980. The first-order chi connectivity index (χ1) is 8.93. The molecule has 1 saturated carbocycles. The highest BCUT2D eigenvalue weighted by Gasteiger charge is 2.37. The van der Waals surface area contributed by atoms with Gasteiger partial charge in [0.15, 0.2) is 0 Å². The number of alkyl halides is 3. The highest BCUT2D eigenvalue weighted by atomic mass is 32.2. The van der Waals surface area contributed by atoms with Crippen LogP contribution in [0.3, 0.4) is 0 Å². The maximum atomic E-state index is 12.8. The molecule has 0 aromatic carbocycles. The molecular weight excluding hydrogens is 277 g/mol. The molecule has 0 spiro atoms. The summed E-state index contributed by atoms with van der Waals surface area (Å²) in [7, 11) is 0. The number of hydrogen-bond acceptors (Lipinski definition) is 3. The lowest BCUT2D eigenvalue weighted by molar-refractivity contribution is -0.139.